The van der Waals surface area contributed by atoms with Gasteiger partial charge in [0.25, 0.3) is 5.91 Å². The van der Waals surface area contributed by atoms with E-state index < -0.39 is 81.1 Å². The zero-order chi connectivity index (χ0) is 42.3. The number of nitrogens with one attached hydrogen (secondary N) is 2. The van der Waals surface area contributed by atoms with Gasteiger partial charge in [0.05, 0.1) is 40.8 Å². The number of Topliss-reactive ketones (excluding diaryl/α,β-unsaturated/α-hetero) is 1. The highest BCUT2D eigenvalue weighted by molar-refractivity contribution is 7.90. The zero-order valence-electron chi connectivity index (χ0n) is 32.9. The molecule has 2 aliphatic heterocycles. The molecule has 318 valence electrons. The standard InChI is InChI=1S/C41H47F3N4O9S2/c1-23-11-16-34(58-23)37(50)45-29-10-8-6-4-5-7-9-25-19-40(25,39(52)47-59(53,54)27-12-13-27)20-31(49)30-17-26(21-48(30)38(29)51)57-33-18-35(56-22-41(42,43)44)46-36-24(2)32(55-3)15-14-28(33)36/h7,9,11,14-16,18,25-27,29-30H,4-6,8,10,12-13,17,19-22H2,1-3H3,(H,45,50)(H,47,52)/b9-7-/t25-,26+,29-,30-,40+/m0/s1. The third kappa shape index (κ3) is 9.53. The van der Waals surface area contributed by atoms with E-state index in [4.69, 9.17) is 14.2 Å². The lowest BCUT2D eigenvalue weighted by atomic mass is 9.91. The summed E-state index contributed by atoms with van der Waals surface area (Å²) in [4.78, 5) is 63.6. The topological polar surface area (TPSA) is 170 Å². The van der Waals surface area contributed by atoms with E-state index in [9.17, 15) is 40.8 Å². The molecular formula is C41H47F3N4O9S2. The molecule has 0 unspecified atom stereocenters. The molecule has 2 saturated carbocycles. The van der Waals surface area contributed by atoms with Crippen molar-refractivity contribution in [1.29, 1.82) is 0 Å². The molecule has 0 bridgehead atoms. The van der Waals surface area contributed by atoms with Crippen LogP contribution in [0.15, 0.2) is 42.5 Å². The molecule has 4 heterocycles. The Morgan fingerprint density at radius 1 is 1.05 bits per heavy atom. The molecule has 0 radical (unpaired) electrons. The second-order valence-electron chi connectivity index (χ2n) is 15.9. The summed E-state index contributed by atoms with van der Waals surface area (Å²) in [5.74, 6) is -2.45. The average molecular weight is 861 g/mol. The number of pyridine rings is 1. The number of fused-ring (bicyclic) bond motifs is 3. The molecule has 7 rings (SSSR count). The number of carbonyl (C=O) groups excluding carboxylic acids is 4. The summed E-state index contributed by atoms with van der Waals surface area (Å²) < 4.78 is 84.7. The first-order valence-corrected chi connectivity index (χ1v) is 22.1. The number of ketones is 1. The minimum Gasteiger partial charge on any atom is -0.496 e. The fourth-order valence-electron chi connectivity index (χ4n) is 8.06. The molecule has 3 amide bonds. The molecule has 1 saturated heterocycles. The largest absolute Gasteiger partial charge is 0.496 e. The number of aryl methyl sites for hydroxylation is 2. The number of hydrogen-bond donors (Lipinski definition) is 2. The van der Waals surface area contributed by atoms with Crippen molar-refractivity contribution in [1.82, 2.24) is 19.9 Å². The van der Waals surface area contributed by atoms with Crippen LogP contribution in [-0.4, -0.2) is 91.7 Å². The second-order valence-corrected chi connectivity index (χ2v) is 19.2. The number of ether oxygens (including phenoxy) is 3. The van der Waals surface area contributed by atoms with Crippen LogP contribution in [0.25, 0.3) is 10.9 Å². The van der Waals surface area contributed by atoms with Crippen LogP contribution in [0, 0.1) is 25.2 Å². The summed E-state index contributed by atoms with van der Waals surface area (Å²) in [6.45, 7) is 1.79. The number of benzene rings is 1. The van der Waals surface area contributed by atoms with Gasteiger partial charge in [-0.2, -0.15) is 13.2 Å². The Labute approximate surface area is 344 Å². The van der Waals surface area contributed by atoms with Crippen LogP contribution in [0.4, 0.5) is 13.2 Å². The number of halogens is 3. The molecule has 13 nitrogen and oxygen atoms in total. The van der Waals surface area contributed by atoms with E-state index in [-0.39, 0.29) is 49.4 Å². The fourth-order valence-corrected chi connectivity index (χ4v) is 10.2. The van der Waals surface area contributed by atoms with Crippen LogP contribution in [0.3, 0.4) is 0 Å². The van der Waals surface area contributed by atoms with Gasteiger partial charge in [-0.05, 0) is 82.6 Å². The van der Waals surface area contributed by atoms with Crippen molar-refractivity contribution in [3.8, 4) is 17.4 Å². The number of alkyl halides is 3. The molecule has 2 aromatic heterocycles. The molecule has 0 spiro atoms. The summed E-state index contributed by atoms with van der Waals surface area (Å²) in [6, 6.07) is 5.83. The highest BCUT2D eigenvalue weighted by Crippen LogP contribution is 2.57. The van der Waals surface area contributed by atoms with Gasteiger partial charge in [-0.3, -0.25) is 23.9 Å². The molecule has 5 atom stereocenters. The van der Waals surface area contributed by atoms with Crippen LogP contribution in [0.2, 0.25) is 0 Å². The van der Waals surface area contributed by atoms with Crippen LogP contribution < -0.4 is 24.2 Å². The summed E-state index contributed by atoms with van der Waals surface area (Å²) in [6.07, 6.45) is 2.02. The van der Waals surface area contributed by atoms with Gasteiger partial charge in [0.1, 0.15) is 23.6 Å². The maximum Gasteiger partial charge on any atom is 0.422 e. The Morgan fingerprint density at radius 2 is 1.83 bits per heavy atom. The summed E-state index contributed by atoms with van der Waals surface area (Å²) in [7, 11) is -2.48. The van der Waals surface area contributed by atoms with Crippen molar-refractivity contribution in [2.24, 2.45) is 11.3 Å². The first kappa shape index (κ1) is 42.4. The van der Waals surface area contributed by atoms with Crippen molar-refractivity contribution in [2.45, 2.75) is 108 Å². The molecule has 3 fully saturated rings. The van der Waals surface area contributed by atoms with Crippen LogP contribution in [0.5, 0.6) is 17.4 Å². The fraction of sp³-hybridized carbons (Fsp3) is 0.537. The Balaban J connectivity index is 1.23. The van der Waals surface area contributed by atoms with E-state index in [1.54, 1.807) is 31.2 Å². The van der Waals surface area contributed by atoms with Gasteiger partial charge in [-0.1, -0.05) is 25.0 Å². The Hall–Kier alpha value is -4.71. The second kappa shape index (κ2) is 16.7. The predicted octanol–water partition coefficient (Wildman–Crippen LogP) is 6.10. The van der Waals surface area contributed by atoms with Gasteiger partial charge in [0.15, 0.2) is 12.4 Å². The summed E-state index contributed by atoms with van der Waals surface area (Å²) in [5.41, 5.74) is -0.583. The molecule has 1 aromatic carbocycles. The number of allylic oxidation sites excluding steroid dienone is 2. The number of rotatable bonds is 10. The number of carbonyl (C=O) groups is 4. The van der Waals surface area contributed by atoms with Gasteiger partial charge in [-0.25, -0.2) is 13.4 Å². The van der Waals surface area contributed by atoms with E-state index in [0.29, 0.717) is 47.3 Å². The lowest BCUT2D eigenvalue weighted by Gasteiger charge is -2.29. The lowest BCUT2D eigenvalue weighted by molar-refractivity contribution is -0.154. The van der Waals surface area contributed by atoms with Gasteiger partial charge in [-0.15, -0.1) is 11.3 Å². The van der Waals surface area contributed by atoms with Crippen molar-refractivity contribution in [3.63, 3.8) is 0 Å². The SMILES string of the molecule is COc1ccc2c(O[C@@H]3C[C@H]4C(=O)C[C@]5(C(=O)NS(=O)(=O)C6CC6)C[C@@H]5/C=C\CCCCC[C@H](NC(=O)c5ccc(C)s5)C(=O)N4C3)cc(OCC(F)(F)F)nc2c1C. The number of hydrogen-bond acceptors (Lipinski definition) is 11. The molecule has 4 aliphatic rings. The van der Waals surface area contributed by atoms with Crippen LogP contribution >= 0.6 is 11.3 Å². The van der Waals surface area contributed by atoms with Crippen molar-refractivity contribution >= 4 is 55.8 Å². The third-order valence-corrected chi connectivity index (χ3v) is 14.3. The normalized spacial score (nSPS) is 25.9. The van der Waals surface area contributed by atoms with E-state index in [1.165, 1.54) is 29.4 Å². The van der Waals surface area contributed by atoms with E-state index in [0.717, 1.165) is 17.7 Å². The van der Waals surface area contributed by atoms with Gasteiger partial charge >= 0.3 is 6.18 Å². The van der Waals surface area contributed by atoms with E-state index in [2.05, 4.69) is 15.0 Å². The molecule has 3 aromatic rings. The summed E-state index contributed by atoms with van der Waals surface area (Å²) in [5, 5.41) is 2.66. The maximum atomic E-state index is 14.7. The maximum absolute atomic E-state index is 14.7. The van der Waals surface area contributed by atoms with E-state index >= 15 is 0 Å². The van der Waals surface area contributed by atoms with Crippen LogP contribution in [-0.2, 0) is 24.4 Å². The number of thiophene rings is 1. The molecular weight excluding hydrogens is 814 g/mol. The van der Waals surface area contributed by atoms with Crippen molar-refractivity contribution < 1.29 is 55.0 Å². The van der Waals surface area contributed by atoms with Crippen LogP contribution in [0.1, 0.15) is 84.3 Å². The summed E-state index contributed by atoms with van der Waals surface area (Å²) >= 11 is 1.28. The van der Waals surface area contributed by atoms with Gasteiger partial charge in [0.2, 0.25) is 27.7 Å². The highest BCUT2D eigenvalue weighted by atomic mass is 32.2. The highest BCUT2D eigenvalue weighted by Gasteiger charge is 2.61. The smallest absolute Gasteiger partial charge is 0.422 e. The minimum absolute atomic E-state index is 0.0639. The minimum atomic E-state index is -4.65. The first-order valence-electron chi connectivity index (χ1n) is 19.8. The Morgan fingerprint density at radius 3 is 2.53 bits per heavy atom. The number of nitrogens with zero attached hydrogens (tertiary/aromatic N) is 2. The predicted molar refractivity (Wildman–Crippen MR) is 212 cm³/mol. The molecule has 2 N–H and O–H groups in total. The molecule has 2 aliphatic carbocycles. The first-order chi connectivity index (χ1) is 28.0. The van der Waals surface area contributed by atoms with Gasteiger partial charge in [0, 0.05) is 34.7 Å². The Kier molecular flexibility index (Phi) is 12.0. The quantitative estimate of drug-likeness (QED) is 0.227. The third-order valence-electron chi connectivity index (χ3n) is 11.5. The molecule has 18 heteroatoms. The Bertz CT molecular complexity index is 2280. The number of methoxy groups -OCH3 is 1. The number of aromatic nitrogens is 1. The number of amides is 3. The van der Waals surface area contributed by atoms with Crippen molar-refractivity contribution in [3.05, 3.63) is 57.8 Å². The number of sulfonamides is 1. The van der Waals surface area contributed by atoms with E-state index in [1.807, 2.05) is 19.1 Å². The molecule has 59 heavy (non-hydrogen) atoms. The van der Waals surface area contributed by atoms with Crippen molar-refractivity contribution in [2.75, 3.05) is 20.3 Å². The van der Waals surface area contributed by atoms with Gasteiger partial charge < -0.3 is 24.4 Å². The monoisotopic (exact) mass is 860 g/mol. The lowest BCUT2D eigenvalue weighted by Crippen LogP contribution is -2.52. The zero-order valence-corrected chi connectivity index (χ0v) is 34.6. The average Bonchev–Trinajstić information content (AvgIpc) is 4.07.